The maximum Gasteiger partial charge on any atom is 0.238 e. The third-order valence-electron chi connectivity index (χ3n) is 4.27. The van der Waals surface area contributed by atoms with Gasteiger partial charge in [0.25, 0.3) is 0 Å². The van der Waals surface area contributed by atoms with Gasteiger partial charge in [-0.05, 0) is 62.4 Å². The molecule has 0 spiro atoms. The predicted octanol–water partition coefficient (Wildman–Crippen LogP) is 2.77. The fraction of sp³-hybridized carbons (Fsp3) is 0.263. The largest absolute Gasteiger partial charge is 0.325 e. The minimum atomic E-state index is -3.91. The number of carbonyl (C=O) groups excluding carboxylic acids is 2. The molecule has 0 aliphatic heterocycles. The first kappa shape index (κ1) is 24.1. The number of sulfonamides is 1. The topological polar surface area (TPSA) is 122 Å². The van der Waals surface area contributed by atoms with Crippen LogP contribution in [0.3, 0.4) is 0 Å². The zero-order chi connectivity index (χ0) is 22.6. The number of anilines is 2. The number of nitrogens with one attached hydrogen (secondary N) is 2. The van der Waals surface area contributed by atoms with E-state index in [-0.39, 0.29) is 23.9 Å². The summed E-state index contributed by atoms with van der Waals surface area (Å²) in [7, 11) is -2.30. The van der Waals surface area contributed by atoms with Gasteiger partial charge in [0.05, 0.1) is 28.0 Å². The van der Waals surface area contributed by atoms with E-state index in [4.69, 9.17) is 28.3 Å². The lowest BCUT2D eigenvalue weighted by Gasteiger charge is -2.17. The number of benzene rings is 2. The summed E-state index contributed by atoms with van der Waals surface area (Å²) < 4.78 is 23.2. The van der Waals surface area contributed by atoms with E-state index in [1.165, 1.54) is 23.1 Å². The first-order chi connectivity index (χ1) is 13.9. The highest BCUT2D eigenvalue weighted by Gasteiger charge is 2.16. The van der Waals surface area contributed by atoms with E-state index in [2.05, 4.69) is 10.6 Å². The molecular weight excluding hydrogens is 451 g/mol. The molecule has 0 radical (unpaired) electrons. The molecule has 0 saturated heterocycles. The Morgan fingerprint density at radius 2 is 1.60 bits per heavy atom. The Kier molecular flexibility index (Phi) is 7.84. The third-order valence-corrected chi connectivity index (χ3v) is 5.91. The zero-order valence-electron chi connectivity index (χ0n) is 16.6. The lowest BCUT2D eigenvalue weighted by atomic mass is 10.1. The number of amides is 2. The summed E-state index contributed by atoms with van der Waals surface area (Å²) in [6, 6.07) is 7.46. The van der Waals surface area contributed by atoms with Crippen LogP contribution in [0.1, 0.15) is 11.1 Å². The van der Waals surface area contributed by atoms with Crippen LogP contribution in [-0.2, 0) is 19.6 Å². The SMILES string of the molecule is Cc1cc(S(N)(=O)=O)cc(NC(=O)CN(C)CC(=O)Nc2ccc(Cl)c(Cl)c2)c1C. The van der Waals surface area contributed by atoms with E-state index in [0.717, 1.165) is 5.56 Å². The van der Waals surface area contributed by atoms with Crippen molar-refractivity contribution in [2.45, 2.75) is 18.7 Å². The Labute approximate surface area is 185 Å². The van der Waals surface area contributed by atoms with Gasteiger partial charge in [0.15, 0.2) is 0 Å². The van der Waals surface area contributed by atoms with E-state index >= 15 is 0 Å². The molecule has 2 amide bonds. The number of likely N-dealkylation sites (N-methyl/N-ethyl adjacent to an activating group) is 1. The normalized spacial score (nSPS) is 11.4. The number of nitrogens with zero attached hydrogens (tertiary/aromatic N) is 1. The average molecular weight is 473 g/mol. The highest BCUT2D eigenvalue weighted by atomic mass is 35.5. The van der Waals surface area contributed by atoms with Gasteiger partial charge >= 0.3 is 0 Å². The molecule has 0 atom stereocenters. The van der Waals surface area contributed by atoms with E-state index in [1.54, 1.807) is 33.0 Å². The molecule has 4 N–H and O–H groups in total. The summed E-state index contributed by atoms with van der Waals surface area (Å²) in [5.74, 6) is -0.749. The van der Waals surface area contributed by atoms with Gasteiger partial charge in [0.2, 0.25) is 21.8 Å². The van der Waals surface area contributed by atoms with Gasteiger partial charge in [-0.15, -0.1) is 0 Å². The molecule has 0 heterocycles. The lowest BCUT2D eigenvalue weighted by molar-refractivity contribution is -0.119. The van der Waals surface area contributed by atoms with Gasteiger partial charge in [-0.25, -0.2) is 13.6 Å². The summed E-state index contributed by atoms with van der Waals surface area (Å²) >= 11 is 11.8. The maximum absolute atomic E-state index is 12.4. The molecule has 162 valence electrons. The van der Waals surface area contributed by atoms with Crippen molar-refractivity contribution in [1.29, 1.82) is 0 Å². The van der Waals surface area contributed by atoms with Gasteiger partial charge in [0.1, 0.15) is 0 Å². The van der Waals surface area contributed by atoms with Gasteiger partial charge < -0.3 is 10.6 Å². The number of hydrogen-bond donors (Lipinski definition) is 3. The Hall–Kier alpha value is -2.17. The van der Waals surface area contributed by atoms with Gasteiger partial charge in [-0.3, -0.25) is 14.5 Å². The summed E-state index contributed by atoms with van der Waals surface area (Å²) in [6.07, 6.45) is 0. The molecule has 11 heteroatoms. The van der Waals surface area contributed by atoms with E-state index in [0.29, 0.717) is 27.0 Å². The number of aryl methyl sites for hydroxylation is 1. The highest BCUT2D eigenvalue weighted by Crippen LogP contribution is 2.25. The van der Waals surface area contributed by atoms with E-state index < -0.39 is 15.9 Å². The molecule has 2 aromatic rings. The lowest BCUT2D eigenvalue weighted by Crippen LogP contribution is -2.36. The molecule has 0 bridgehead atoms. The summed E-state index contributed by atoms with van der Waals surface area (Å²) in [5, 5.41) is 11.2. The molecule has 30 heavy (non-hydrogen) atoms. The van der Waals surface area contributed by atoms with Gasteiger partial charge in [0, 0.05) is 11.4 Å². The van der Waals surface area contributed by atoms with Crippen LogP contribution in [0.25, 0.3) is 0 Å². The van der Waals surface area contributed by atoms with Crippen LogP contribution < -0.4 is 15.8 Å². The molecule has 0 fully saturated rings. The van der Waals surface area contributed by atoms with Crippen molar-refractivity contribution in [2.75, 3.05) is 30.8 Å². The van der Waals surface area contributed by atoms with Crippen LogP contribution in [0.2, 0.25) is 10.0 Å². The minimum Gasteiger partial charge on any atom is -0.325 e. The fourth-order valence-electron chi connectivity index (χ4n) is 2.63. The quantitative estimate of drug-likeness (QED) is 0.571. The van der Waals surface area contributed by atoms with Crippen LogP contribution in [0.15, 0.2) is 35.2 Å². The summed E-state index contributed by atoms with van der Waals surface area (Å²) in [4.78, 5) is 26.0. The van der Waals surface area contributed by atoms with Crippen LogP contribution in [-0.4, -0.2) is 45.3 Å². The number of primary sulfonamides is 1. The van der Waals surface area contributed by atoms with Crippen LogP contribution in [0.4, 0.5) is 11.4 Å². The first-order valence-corrected chi connectivity index (χ1v) is 11.0. The predicted molar refractivity (Wildman–Crippen MR) is 119 cm³/mol. The molecule has 0 aromatic heterocycles. The molecule has 0 unspecified atom stereocenters. The van der Waals surface area contributed by atoms with Crippen molar-refractivity contribution in [3.8, 4) is 0 Å². The zero-order valence-corrected chi connectivity index (χ0v) is 19.0. The van der Waals surface area contributed by atoms with E-state index in [9.17, 15) is 18.0 Å². The number of halogens is 2. The van der Waals surface area contributed by atoms with Crippen LogP contribution >= 0.6 is 23.2 Å². The van der Waals surface area contributed by atoms with Crippen molar-refractivity contribution < 1.29 is 18.0 Å². The number of nitrogens with two attached hydrogens (primary N) is 1. The smallest absolute Gasteiger partial charge is 0.238 e. The molecule has 2 aromatic carbocycles. The second-order valence-corrected chi connectivity index (χ2v) is 9.23. The summed E-state index contributed by atoms with van der Waals surface area (Å²) in [5.41, 5.74) is 2.22. The number of rotatable bonds is 7. The second kappa shape index (κ2) is 9.76. The average Bonchev–Trinajstić information content (AvgIpc) is 2.60. The Morgan fingerprint density at radius 1 is 1.00 bits per heavy atom. The Morgan fingerprint density at radius 3 is 2.17 bits per heavy atom. The maximum atomic E-state index is 12.4. The third kappa shape index (κ3) is 6.68. The van der Waals surface area contributed by atoms with Crippen LogP contribution in [0, 0.1) is 13.8 Å². The fourth-order valence-corrected chi connectivity index (χ4v) is 3.55. The Bertz CT molecular complexity index is 1090. The molecule has 0 aliphatic rings. The minimum absolute atomic E-state index is 0.0527. The molecule has 2 rings (SSSR count). The van der Waals surface area contributed by atoms with Gasteiger partial charge in [-0.2, -0.15) is 0 Å². The van der Waals surface area contributed by atoms with Crippen molar-refractivity contribution in [1.82, 2.24) is 4.90 Å². The molecular formula is C19H22Cl2N4O4S. The van der Waals surface area contributed by atoms with Crippen molar-refractivity contribution in [3.05, 3.63) is 51.5 Å². The highest BCUT2D eigenvalue weighted by molar-refractivity contribution is 7.89. The first-order valence-electron chi connectivity index (χ1n) is 8.74. The van der Waals surface area contributed by atoms with Crippen molar-refractivity contribution >= 4 is 56.4 Å². The van der Waals surface area contributed by atoms with Crippen LogP contribution in [0.5, 0.6) is 0 Å². The standard InChI is InChI=1S/C19H22Cl2N4O4S/c1-11-6-14(30(22,28)29)8-17(12(11)2)24-19(27)10-25(3)9-18(26)23-13-4-5-15(20)16(21)7-13/h4-8H,9-10H2,1-3H3,(H,23,26)(H,24,27)(H2,22,28,29). The molecule has 0 saturated carbocycles. The molecule has 8 nitrogen and oxygen atoms in total. The van der Waals surface area contributed by atoms with Gasteiger partial charge in [-0.1, -0.05) is 23.2 Å². The number of carbonyl (C=O) groups is 2. The summed E-state index contributed by atoms with van der Waals surface area (Å²) in [6.45, 7) is 3.33. The van der Waals surface area contributed by atoms with E-state index in [1.807, 2.05) is 0 Å². The monoisotopic (exact) mass is 472 g/mol. The Balaban J connectivity index is 1.98. The second-order valence-electron chi connectivity index (χ2n) is 6.86. The van der Waals surface area contributed by atoms with Crippen molar-refractivity contribution in [3.63, 3.8) is 0 Å². The van der Waals surface area contributed by atoms with Crippen molar-refractivity contribution in [2.24, 2.45) is 5.14 Å². The number of hydrogen-bond acceptors (Lipinski definition) is 5. The molecule has 0 aliphatic carbocycles.